The van der Waals surface area contributed by atoms with E-state index in [0.717, 1.165) is 43.9 Å². The number of para-hydroxylation sites is 2. The average molecular weight is 667 g/mol. The lowest BCUT2D eigenvalue weighted by Gasteiger charge is -2.23. The predicted molar refractivity (Wildman–Crippen MR) is 220 cm³/mol. The van der Waals surface area contributed by atoms with Gasteiger partial charge in [0.1, 0.15) is 22.3 Å². The third kappa shape index (κ3) is 4.31. The molecule has 0 saturated carbocycles. The summed E-state index contributed by atoms with van der Waals surface area (Å²) >= 11 is 0. The largest absolute Gasteiger partial charge is 0.456 e. The van der Waals surface area contributed by atoms with Crippen LogP contribution >= 0.6 is 0 Å². The summed E-state index contributed by atoms with van der Waals surface area (Å²) in [5, 5.41) is 12.3. The molecule has 0 aliphatic heterocycles. The molecule has 2 heterocycles. The second-order valence-corrected chi connectivity index (χ2v) is 15.3. The van der Waals surface area contributed by atoms with Gasteiger partial charge in [0.2, 0.25) is 0 Å². The van der Waals surface area contributed by atoms with Gasteiger partial charge in [-0.05, 0) is 119 Å². The summed E-state index contributed by atoms with van der Waals surface area (Å²) in [5.41, 5.74) is 12.3. The average Bonchev–Trinajstić information content (AvgIpc) is 3.74. The zero-order chi connectivity index (χ0) is 34.7. The van der Waals surface area contributed by atoms with Crippen LogP contribution in [0.25, 0.3) is 110 Å². The molecule has 0 amide bonds. The summed E-state index contributed by atoms with van der Waals surface area (Å²) in [6.07, 6.45) is 0. The van der Waals surface area contributed by atoms with E-state index in [1.54, 1.807) is 0 Å². The smallest absolute Gasteiger partial charge is 0.135 e. The second kappa shape index (κ2) is 10.6. The molecule has 52 heavy (non-hydrogen) atoms. The fraction of sp³-hybridized carbons (Fsp3) is 0.0800. The number of rotatable bonds is 3. The van der Waals surface area contributed by atoms with Crippen LogP contribution in [-0.2, 0) is 5.41 Å². The first-order valence-corrected chi connectivity index (χ1v) is 18.1. The van der Waals surface area contributed by atoms with Gasteiger partial charge in [0.25, 0.3) is 0 Å². The zero-order valence-electron chi connectivity index (χ0n) is 29.3. The van der Waals surface area contributed by atoms with E-state index in [4.69, 9.17) is 8.83 Å². The Balaban J connectivity index is 1.14. The molecule has 0 saturated heterocycles. The molecule has 246 valence electrons. The third-order valence-corrected chi connectivity index (χ3v) is 11.2. The molecule has 2 heteroatoms. The van der Waals surface area contributed by atoms with Crippen molar-refractivity contribution in [1.29, 1.82) is 0 Å². The standard InChI is InChI=1S/C50H34O2/c1-50(2,3)35-24-33-16-20-38-40(30-14-12-29(13-15-30)31-18-22-46-42(26-31)36-8-4-6-10-44(36)51-46)28-41(39-21-17-34(25-35)48(33)49(38)39)32-19-23-47-43(27-32)37-9-5-7-11-45(37)52-47/h4-28H,1-3H3. The summed E-state index contributed by atoms with van der Waals surface area (Å²) in [7, 11) is 0. The van der Waals surface area contributed by atoms with Gasteiger partial charge in [-0.25, -0.2) is 0 Å². The maximum absolute atomic E-state index is 6.24. The first-order chi connectivity index (χ1) is 25.4. The van der Waals surface area contributed by atoms with Crippen molar-refractivity contribution in [3.8, 4) is 33.4 Å². The number of hydrogen-bond donors (Lipinski definition) is 0. The maximum Gasteiger partial charge on any atom is 0.135 e. The van der Waals surface area contributed by atoms with Gasteiger partial charge >= 0.3 is 0 Å². The minimum atomic E-state index is 0.0561. The van der Waals surface area contributed by atoms with E-state index in [9.17, 15) is 0 Å². The van der Waals surface area contributed by atoms with Crippen molar-refractivity contribution in [3.05, 3.63) is 157 Å². The fourth-order valence-corrected chi connectivity index (χ4v) is 8.47. The van der Waals surface area contributed by atoms with Crippen LogP contribution in [0.5, 0.6) is 0 Å². The molecule has 0 radical (unpaired) electrons. The molecule has 2 aromatic heterocycles. The topological polar surface area (TPSA) is 26.3 Å². The Labute approximate surface area is 300 Å². The Morgan fingerprint density at radius 2 is 0.827 bits per heavy atom. The van der Waals surface area contributed by atoms with Crippen molar-refractivity contribution in [2.45, 2.75) is 26.2 Å². The maximum atomic E-state index is 6.24. The molecule has 0 N–H and O–H groups in total. The molecule has 0 bridgehead atoms. The van der Waals surface area contributed by atoms with Crippen molar-refractivity contribution in [2.24, 2.45) is 0 Å². The molecule has 0 unspecified atom stereocenters. The lowest BCUT2D eigenvalue weighted by molar-refractivity contribution is 0.591. The number of fused-ring (bicyclic) bond motifs is 6. The van der Waals surface area contributed by atoms with Gasteiger partial charge in [-0.1, -0.05) is 130 Å². The van der Waals surface area contributed by atoms with E-state index in [1.165, 1.54) is 71.3 Å². The first kappa shape index (κ1) is 29.4. The molecule has 11 aromatic rings. The molecule has 2 nitrogen and oxygen atoms in total. The van der Waals surface area contributed by atoms with E-state index in [-0.39, 0.29) is 5.41 Å². The van der Waals surface area contributed by atoms with Crippen LogP contribution in [0.3, 0.4) is 0 Å². The molecular weight excluding hydrogens is 633 g/mol. The van der Waals surface area contributed by atoms with Crippen LogP contribution in [-0.4, -0.2) is 0 Å². The van der Waals surface area contributed by atoms with Gasteiger partial charge in [-0.3, -0.25) is 0 Å². The molecule has 0 fully saturated rings. The van der Waals surface area contributed by atoms with Crippen molar-refractivity contribution < 1.29 is 8.83 Å². The summed E-state index contributed by atoms with van der Waals surface area (Å²) in [4.78, 5) is 0. The van der Waals surface area contributed by atoms with Gasteiger partial charge in [-0.15, -0.1) is 0 Å². The number of benzene rings is 9. The summed E-state index contributed by atoms with van der Waals surface area (Å²) in [6.45, 7) is 6.89. The van der Waals surface area contributed by atoms with Crippen LogP contribution < -0.4 is 0 Å². The van der Waals surface area contributed by atoms with Crippen LogP contribution in [0.15, 0.2) is 160 Å². The van der Waals surface area contributed by atoms with E-state index < -0.39 is 0 Å². The van der Waals surface area contributed by atoms with E-state index >= 15 is 0 Å². The van der Waals surface area contributed by atoms with E-state index in [2.05, 4.69) is 148 Å². The van der Waals surface area contributed by atoms with Crippen LogP contribution in [0.2, 0.25) is 0 Å². The lowest BCUT2D eigenvalue weighted by atomic mass is 9.81. The monoisotopic (exact) mass is 666 g/mol. The SMILES string of the molecule is CC(C)(C)c1cc2ccc3c(-c4ccc(-c5ccc6oc7ccccc7c6c5)cc4)cc(-c4ccc5oc6ccccc6c5c4)c4ccc(c1)c2c34. The first-order valence-electron chi connectivity index (χ1n) is 18.1. The van der Waals surface area contributed by atoms with Crippen molar-refractivity contribution in [1.82, 2.24) is 0 Å². The van der Waals surface area contributed by atoms with Crippen LogP contribution in [0, 0.1) is 0 Å². The van der Waals surface area contributed by atoms with Gasteiger partial charge < -0.3 is 8.83 Å². The minimum Gasteiger partial charge on any atom is -0.456 e. The Kier molecular flexibility index (Phi) is 5.97. The molecule has 0 spiro atoms. The Hall–Kier alpha value is -6.38. The minimum absolute atomic E-state index is 0.0561. The van der Waals surface area contributed by atoms with Gasteiger partial charge in [0.05, 0.1) is 0 Å². The zero-order valence-corrected chi connectivity index (χ0v) is 29.3. The summed E-state index contributed by atoms with van der Waals surface area (Å²) in [6, 6.07) is 55.4. The number of hydrogen-bond acceptors (Lipinski definition) is 2. The molecular formula is C50H34O2. The van der Waals surface area contributed by atoms with Gasteiger partial charge in [-0.2, -0.15) is 0 Å². The highest BCUT2D eigenvalue weighted by Crippen LogP contribution is 2.46. The van der Waals surface area contributed by atoms with Crippen LogP contribution in [0.1, 0.15) is 26.3 Å². The Bertz CT molecular complexity index is 3180. The van der Waals surface area contributed by atoms with E-state index in [0.29, 0.717) is 0 Å². The second-order valence-electron chi connectivity index (χ2n) is 15.3. The van der Waals surface area contributed by atoms with Gasteiger partial charge in [0.15, 0.2) is 0 Å². The van der Waals surface area contributed by atoms with Crippen molar-refractivity contribution >= 4 is 76.2 Å². The van der Waals surface area contributed by atoms with Crippen molar-refractivity contribution in [3.63, 3.8) is 0 Å². The molecule has 0 atom stereocenters. The molecule has 9 aromatic carbocycles. The predicted octanol–water partition coefficient (Wildman–Crippen LogP) is 14.7. The highest BCUT2D eigenvalue weighted by atomic mass is 16.3. The Morgan fingerprint density at radius 3 is 1.42 bits per heavy atom. The number of furan rings is 2. The molecule has 0 aliphatic rings. The summed E-state index contributed by atoms with van der Waals surface area (Å²) in [5.74, 6) is 0. The summed E-state index contributed by atoms with van der Waals surface area (Å²) < 4.78 is 12.4. The third-order valence-electron chi connectivity index (χ3n) is 11.2. The van der Waals surface area contributed by atoms with Gasteiger partial charge in [0, 0.05) is 21.5 Å². The molecule has 0 aliphatic carbocycles. The fourth-order valence-electron chi connectivity index (χ4n) is 8.47. The molecule has 11 rings (SSSR count). The van der Waals surface area contributed by atoms with Crippen LogP contribution in [0.4, 0.5) is 0 Å². The van der Waals surface area contributed by atoms with Crippen molar-refractivity contribution in [2.75, 3.05) is 0 Å². The lowest BCUT2D eigenvalue weighted by Crippen LogP contribution is -2.10. The highest BCUT2D eigenvalue weighted by Gasteiger charge is 2.21. The highest BCUT2D eigenvalue weighted by molar-refractivity contribution is 6.28. The quantitative estimate of drug-likeness (QED) is 0.175. The Morgan fingerprint density at radius 1 is 0.346 bits per heavy atom. The normalized spacial score (nSPS) is 12.5. The van der Waals surface area contributed by atoms with E-state index in [1.807, 2.05) is 24.3 Å².